The van der Waals surface area contributed by atoms with Gasteiger partial charge in [0, 0.05) is 4.88 Å². The van der Waals surface area contributed by atoms with E-state index in [9.17, 15) is 0 Å². The van der Waals surface area contributed by atoms with Gasteiger partial charge in [0.15, 0.2) is 5.82 Å². The monoisotopic (exact) mass is 434 g/mol. The molecular formula is C16H20ClIN2S. The molecule has 2 aromatic heterocycles. The zero-order valence-electron chi connectivity index (χ0n) is 13.0. The molecule has 0 saturated carbocycles. The molecule has 0 aliphatic rings. The van der Waals surface area contributed by atoms with Gasteiger partial charge in [-0.25, -0.2) is 9.97 Å². The van der Waals surface area contributed by atoms with Gasteiger partial charge in [-0.2, -0.15) is 0 Å². The Kier molecular flexibility index (Phi) is 5.31. The van der Waals surface area contributed by atoms with Crippen LogP contribution in [0.3, 0.4) is 0 Å². The number of halogens is 2. The molecule has 0 aliphatic carbocycles. The van der Waals surface area contributed by atoms with Gasteiger partial charge >= 0.3 is 0 Å². The minimum atomic E-state index is 0.149. The average molecular weight is 435 g/mol. The number of thiophene rings is 1. The fraction of sp³-hybridized carbons (Fsp3) is 0.500. The van der Waals surface area contributed by atoms with Gasteiger partial charge in [0.25, 0.3) is 0 Å². The van der Waals surface area contributed by atoms with E-state index in [-0.39, 0.29) is 5.41 Å². The third kappa shape index (κ3) is 4.17. The van der Waals surface area contributed by atoms with Gasteiger partial charge < -0.3 is 0 Å². The molecule has 2 nitrogen and oxygen atoms in total. The summed E-state index contributed by atoms with van der Waals surface area (Å²) in [5, 5.41) is 0.557. The predicted octanol–water partition coefficient (Wildman–Crippen LogP) is 5.96. The van der Waals surface area contributed by atoms with Crippen molar-refractivity contribution in [1.82, 2.24) is 9.97 Å². The highest BCUT2D eigenvalue weighted by atomic mass is 127. The van der Waals surface area contributed by atoms with Crippen LogP contribution in [0.25, 0.3) is 10.7 Å². The molecule has 2 heterocycles. The van der Waals surface area contributed by atoms with E-state index in [0.29, 0.717) is 11.1 Å². The quantitative estimate of drug-likeness (QED) is 0.440. The van der Waals surface area contributed by atoms with Crippen molar-refractivity contribution < 1.29 is 0 Å². The molecule has 0 amide bonds. The lowest BCUT2D eigenvalue weighted by atomic mass is 9.95. The van der Waals surface area contributed by atoms with Crippen LogP contribution in [0.5, 0.6) is 0 Å². The van der Waals surface area contributed by atoms with Gasteiger partial charge in [-0.3, -0.25) is 0 Å². The Hall–Kier alpha value is -0.200. The second-order valence-electron chi connectivity index (χ2n) is 6.61. The average Bonchev–Trinajstić information content (AvgIpc) is 2.83. The molecule has 0 saturated heterocycles. The zero-order valence-corrected chi connectivity index (χ0v) is 16.7. The maximum Gasteiger partial charge on any atom is 0.171 e. The van der Waals surface area contributed by atoms with E-state index in [4.69, 9.17) is 16.6 Å². The lowest BCUT2D eigenvalue weighted by molar-refractivity contribution is 0.604. The van der Waals surface area contributed by atoms with Crippen LogP contribution in [-0.4, -0.2) is 9.97 Å². The molecule has 0 N–H and O–H groups in total. The lowest BCUT2D eigenvalue weighted by Gasteiger charge is -2.15. The fourth-order valence-corrected chi connectivity index (χ4v) is 3.60. The van der Waals surface area contributed by atoms with Crippen LogP contribution in [-0.2, 0) is 11.8 Å². The molecule has 0 atom stereocenters. The smallest absolute Gasteiger partial charge is 0.171 e. The number of nitrogens with zero attached hydrogens (tertiary/aromatic N) is 2. The van der Waals surface area contributed by atoms with E-state index in [0.717, 1.165) is 26.4 Å². The van der Waals surface area contributed by atoms with Gasteiger partial charge in [0.2, 0.25) is 0 Å². The topological polar surface area (TPSA) is 25.8 Å². The first-order valence-electron chi connectivity index (χ1n) is 7.01. The molecule has 2 aromatic rings. The van der Waals surface area contributed by atoms with E-state index in [1.807, 2.05) is 0 Å². The maximum absolute atomic E-state index is 6.30. The number of rotatable bonds is 3. The number of hydrogen-bond acceptors (Lipinski definition) is 3. The maximum atomic E-state index is 6.30. The van der Waals surface area contributed by atoms with Crippen LogP contribution >= 0.6 is 45.5 Å². The normalized spacial score (nSPS) is 12.2. The third-order valence-corrected chi connectivity index (χ3v) is 6.28. The summed E-state index contributed by atoms with van der Waals surface area (Å²) in [5.41, 5.74) is 1.20. The highest BCUT2D eigenvalue weighted by Crippen LogP contribution is 2.35. The first-order valence-corrected chi connectivity index (χ1v) is 9.28. The predicted molar refractivity (Wildman–Crippen MR) is 100 cm³/mol. The Morgan fingerprint density at radius 2 is 1.90 bits per heavy atom. The summed E-state index contributed by atoms with van der Waals surface area (Å²) >= 11 is 10.3. The van der Waals surface area contributed by atoms with Gasteiger partial charge in [-0.05, 0) is 52.5 Å². The summed E-state index contributed by atoms with van der Waals surface area (Å²) < 4.78 is 0.972. The molecule has 2 rings (SSSR count). The van der Waals surface area contributed by atoms with Crippen LogP contribution in [0, 0.1) is 9.49 Å². The molecule has 0 fully saturated rings. The first kappa shape index (κ1) is 17.2. The molecule has 0 aromatic carbocycles. The van der Waals surface area contributed by atoms with Crippen molar-refractivity contribution in [3.63, 3.8) is 0 Å². The Balaban J connectivity index is 2.44. The Morgan fingerprint density at radius 3 is 2.43 bits per heavy atom. The molecule has 0 unspecified atom stereocenters. The van der Waals surface area contributed by atoms with E-state index in [1.54, 1.807) is 11.3 Å². The second-order valence-corrected chi connectivity index (χ2v) is 9.13. The van der Waals surface area contributed by atoms with Gasteiger partial charge in [0.05, 0.1) is 14.1 Å². The molecular weight excluding hydrogens is 415 g/mol. The third-order valence-electron chi connectivity index (χ3n) is 3.05. The molecule has 21 heavy (non-hydrogen) atoms. The lowest BCUT2D eigenvalue weighted by Crippen LogP contribution is -2.07. The summed E-state index contributed by atoms with van der Waals surface area (Å²) in [7, 11) is 0. The SMILES string of the molecule is CC(C)Cc1nc(-c2ccc(C(C)(C)C)s2)nc(Cl)c1I. The second kappa shape index (κ2) is 6.50. The van der Waals surface area contributed by atoms with Crippen molar-refractivity contribution in [2.45, 2.75) is 46.5 Å². The van der Waals surface area contributed by atoms with E-state index in [1.165, 1.54) is 4.88 Å². The molecule has 0 aliphatic heterocycles. The fourth-order valence-electron chi connectivity index (χ4n) is 1.96. The minimum Gasteiger partial charge on any atom is -0.231 e. The largest absolute Gasteiger partial charge is 0.231 e. The van der Waals surface area contributed by atoms with Gasteiger partial charge in [-0.15, -0.1) is 11.3 Å². The summed E-state index contributed by atoms with van der Waals surface area (Å²) in [4.78, 5) is 11.6. The minimum absolute atomic E-state index is 0.149. The molecule has 0 bridgehead atoms. The van der Waals surface area contributed by atoms with Crippen LogP contribution in [0.2, 0.25) is 5.15 Å². The Morgan fingerprint density at radius 1 is 1.24 bits per heavy atom. The summed E-state index contributed by atoms with van der Waals surface area (Å²) in [6, 6.07) is 4.26. The van der Waals surface area contributed by atoms with Crippen LogP contribution in [0.1, 0.15) is 45.2 Å². The van der Waals surface area contributed by atoms with Crippen molar-refractivity contribution in [2.75, 3.05) is 0 Å². The van der Waals surface area contributed by atoms with Gasteiger partial charge in [0.1, 0.15) is 5.15 Å². The van der Waals surface area contributed by atoms with Gasteiger partial charge in [-0.1, -0.05) is 46.2 Å². The standard InChI is InChI=1S/C16H20ClIN2S/c1-9(2)8-10-13(18)14(17)20-15(19-10)11-6-7-12(21-11)16(3,4)5/h6-7,9H,8H2,1-5H3. The zero-order chi connectivity index (χ0) is 15.8. The summed E-state index contributed by atoms with van der Waals surface area (Å²) in [6.45, 7) is 11.0. The molecule has 0 spiro atoms. The van der Waals surface area contributed by atoms with Crippen molar-refractivity contribution in [1.29, 1.82) is 0 Å². The summed E-state index contributed by atoms with van der Waals surface area (Å²) in [6.07, 6.45) is 0.922. The van der Waals surface area contributed by atoms with Crippen molar-refractivity contribution in [3.8, 4) is 10.7 Å². The van der Waals surface area contributed by atoms with E-state index < -0.39 is 0 Å². The highest BCUT2D eigenvalue weighted by molar-refractivity contribution is 14.1. The Labute approximate surface area is 149 Å². The molecule has 5 heteroatoms. The van der Waals surface area contributed by atoms with E-state index >= 15 is 0 Å². The molecule has 114 valence electrons. The highest BCUT2D eigenvalue weighted by Gasteiger charge is 2.19. The first-order chi connectivity index (χ1) is 9.68. The van der Waals surface area contributed by atoms with Crippen LogP contribution < -0.4 is 0 Å². The number of hydrogen-bond donors (Lipinski definition) is 0. The van der Waals surface area contributed by atoms with Crippen LogP contribution in [0.15, 0.2) is 12.1 Å². The van der Waals surface area contributed by atoms with Crippen molar-refractivity contribution >= 4 is 45.5 Å². The summed E-state index contributed by atoms with van der Waals surface area (Å²) in [5.74, 6) is 1.29. The van der Waals surface area contributed by atoms with Crippen LogP contribution in [0.4, 0.5) is 0 Å². The Bertz CT molecular complexity index is 644. The van der Waals surface area contributed by atoms with Crippen molar-refractivity contribution in [3.05, 3.63) is 31.4 Å². The van der Waals surface area contributed by atoms with E-state index in [2.05, 4.69) is 74.3 Å². The van der Waals surface area contributed by atoms with Crippen molar-refractivity contribution in [2.24, 2.45) is 5.92 Å². The number of aromatic nitrogens is 2. The molecule has 0 radical (unpaired) electrons.